The van der Waals surface area contributed by atoms with E-state index < -0.39 is 0 Å². The van der Waals surface area contributed by atoms with Crippen LogP contribution < -0.4 is 0 Å². The van der Waals surface area contributed by atoms with Crippen LogP contribution in [-0.2, 0) is 16.0 Å². The highest BCUT2D eigenvalue weighted by molar-refractivity contribution is 5.99. The molecule has 5 nitrogen and oxygen atoms in total. The Morgan fingerprint density at radius 3 is 2.77 bits per heavy atom. The third-order valence-electron chi connectivity index (χ3n) is 6.30. The van der Waals surface area contributed by atoms with E-state index in [2.05, 4.69) is 31.0 Å². The largest absolute Gasteiger partial charge is 0.356 e. The van der Waals surface area contributed by atoms with Gasteiger partial charge in [0.05, 0.1) is 6.04 Å². The summed E-state index contributed by atoms with van der Waals surface area (Å²) < 4.78 is 0. The minimum absolute atomic E-state index is 0.0321. The number of nitrogens with one attached hydrogen (secondary N) is 1. The van der Waals surface area contributed by atoms with Gasteiger partial charge in [0.1, 0.15) is 12.1 Å². The molecule has 1 aromatic heterocycles. The number of amides is 2. The summed E-state index contributed by atoms with van der Waals surface area (Å²) in [6.07, 6.45) is 3.25. The van der Waals surface area contributed by atoms with Gasteiger partial charge in [-0.2, -0.15) is 0 Å². The molecule has 5 heteroatoms. The number of benzene rings is 1. The number of piperazine rings is 1. The summed E-state index contributed by atoms with van der Waals surface area (Å²) in [5.74, 6) is 0.751. The van der Waals surface area contributed by atoms with Crippen molar-refractivity contribution in [1.82, 2.24) is 14.8 Å². The molecule has 4 heterocycles. The quantitative estimate of drug-likeness (QED) is 0.904. The van der Waals surface area contributed by atoms with Crippen LogP contribution in [0.25, 0.3) is 10.9 Å². The van der Waals surface area contributed by atoms with E-state index in [1.54, 1.807) is 0 Å². The zero-order valence-electron chi connectivity index (χ0n) is 15.4. The number of carbonyl (C=O) groups is 2. The van der Waals surface area contributed by atoms with Gasteiger partial charge in [0, 0.05) is 29.6 Å². The topological polar surface area (TPSA) is 56.4 Å². The van der Waals surface area contributed by atoms with E-state index in [0.29, 0.717) is 12.3 Å². The van der Waals surface area contributed by atoms with E-state index >= 15 is 0 Å². The SMILES string of the molecule is CC(C)C[C@@H]1c2[nH]c3ccccc3c2C[C@@H]2C(=O)N3CCC[C@@H]3C(=O)N21. The number of para-hydroxylation sites is 1. The third kappa shape index (κ3) is 2.09. The third-order valence-corrected chi connectivity index (χ3v) is 6.30. The van der Waals surface area contributed by atoms with Crippen molar-refractivity contribution in [2.45, 2.75) is 57.7 Å². The Labute approximate surface area is 153 Å². The summed E-state index contributed by atoms with van der Waals surface area (Å²) in [4.78, 5) is 33.9. The minimum Gasteiger partial charge on any atom is -0.356 e. The van der Waals surface area contributed by atoms with Crippen LogP contribution in [0.4, 0.5) is 0 Å². The molecule has 2 saturated heterocycles. The van der Waals surface area contributed by atoms with E-state index in [9.17, 15) is 9.59 Å². The van der Waals surface area contributed by atoms with E-state index in [1.807, 2.05) is 21.9 Å². The zero-order valence-corrected chi connectivity index (χ0v) is 15.4. The molecule has 0 unspecified atom stereocenters. The average molecular weight is 351 g/mol. The summed E-state index contributed by atoms with van der Waals surface area (Å²) in [6, 6.07) is 7.68. The van der Waals surface area contributed by atoms with Crippen LogP contribution in [0, 0.1) is 5.92 Å². The maximum Gasteiger partial charge on any atom is 0.246 e. The summed E-state index contributed by atoms with van der Waals surface area (Å²) in [5, 5.41) is 1.19. The monoisotopic (exact) mass is 351 g/mol. The molecule has 1 aromatic carbocycles. The van der Waals surface area contributed by atoms with Crippen molar-refractivity contribution in [2.24, 2.45) is 5.92 Å². The number of carbonyl (C=O) groups excluding carboxylic acids is 2. The lowest BCUT2D eigenvalue weighted by atomic mass is 9.85. The number of H-pyrrole nitrogens is 1. The van der Waals surface area contributed by atoms with Crippen LogP contribution in [0.1, 0.15) is 50.4 Å². The Morgan fingerprint density at radius 1 is 1.15 bits per heavy atom. The number of hydrogen-bond acceptors (Lipinski definition) is 2. The molecular weight excluding hydrogens is 326 g/mol. The van der Waals surface area contributed by atoms with Gasteiger partial charge in [-0.05, 0) is 36.8 Å². The first-order valence-corrected chi connectivity index (χ1v) is 9.78. The molecule has 136 valence electrons. The molecule has 1 N–H and O–H groups in total. The fraction of sp³-hybridized carbons (Fsp3) is 0.524. The molecule has 2 fully saturated rings. The van der Waals surface area contributed by atoms with Crippen LogP contribution in [-0.4, -0.2) is 45.2 Å². The van der Waals surface area contributed by atoms with E-state index in [-0.39, 0.29) is 29.9 Å². The van der Waals surface area contributed by atoms with Crippen molar-refractivity contribution < 1.29 is 9.59 Å². The van der Waals surface area contributed by atoms with Gasteiger partial charge in [-0.3, -0.25) is 9.59 Å². The molecule has 3 aliphatic heterocycles. The summed E-state index contributed by atoms with van der Waals surface area (Å²) >= 11 is 0. The molecule has 26 heavy (non-hydrogen) atoms. The maximum absolute atomic E-state index is 13.3. The van der Waals surface area contributed by atoms with Crippen molar-refractivity contribution >= 4 is 22.7 Å². The molecule has 0 spiro atoms. The molecule has 3 atom stereocenters. The summed E-state index contributed by atoms with van der Waals surface area (Å²) in [7, 11) is 0. The van der Waals surface area contributed by atoms with Gasteiger partial charge in [0.25, 0.3) is 0 Å². The number of aromatic amines is 1. The molecule has 0 saturated carbocycles. The smallest absolute Gasteiger partial charge is 0.246 e. The van der Waals surface area contributed by atoms with Gasteiger partial charge in [-0.25, -0.2) is 0 Å². The van der Waals surface area contributed by atoms with Gasteiger partial charge in [0.15, 0.2) is 0 Å². The number of hydrogen-bond donors (Lipinski definition) is 1. The number of rotatable bonds is 2. The van der Waals surface area contributed by atoms with Gasteiger partial charge in [0.2, 0.25) is 11.8 Å². The van der Waals surface area contributed by atoms with Gasteiger partial charge >= 0.3 is 0 Å². The average Bonchev–Trinajstić information content (AvgIpc) is 3.24. The highest BCUT2D eigenvalue weighted by Gasteiger charge is 2.52. The lowest BCUT2D eigenvalue weighted by molar-refractivity contribution is -0.163. The second-order valence-electron chi connectivity index (χ2n) is 8.36. The first kappa shape index (κ1) is 15.9. The first-order chi connectivity index (χ1) is 12.6. The number of nitrogens with zero attached hydrogens (tertiary/aromatic N) is 2. The molecule has 5 rings (SSSR count). The number of aromatic nitrogens is 1. The van der Waals surface area contributed by atoms with Crippen molar-refractivity contribution in [3.05, 3.63) is 35.5 Å². The Morgan fingerprint density at radius 2 is 1.96 bits per heavy atom. The van der Waals surface area contributed by atoms with Crippen molar-refractivity contribution in [2.75, 3.05) is 6.54 Å². The lowest BCUT2D eigenvalue weighted by Gasteiger charge is -2.48. The standard InChI is InChI=1S/C21H25N3O2/c1-12(2)10-17-19-14(13-6-3-4-7-15(13)22-19)11-18-20(25)23-9-5-8-16(23)21(26)24(17)18/h3-4,6-7,12,16-18,22H,5,8-11H2,1-2H3/t16-,17-,18-/m1/s1. The van der Waals surface area contributed by atoms with E-state index in [4.69, 9.17) is 0 Å². The fourth-order valence-electron chi connectivity index (χ4n) is 5.22. The Balaban J connectivity index is 1.68. The van der Waals surface area contributed by atoms with Crippen molar-refractivity contribution in [3.8, 4) is 0 Å². The molecule has 3 aliphatic rings. The predicted molar refractivity (Wildman–Crippen MR) is 99.6 cm³/mol. The van der Waals surface area contributed by atoms with E-state index in [0.717, 1.165) is 37.0 Å². The Bertz CT molecular complexity index is 900. The summed E-state index contributed by atoms with van der Waals surface area (Å²) in [6.45, 7) is 5.10. The Hall–Kier alpha value is -2.30. The highest BCUT2D eigenvalue weighted by atomic mass is 16.2. The van der Waals surface area contributed by atoms with Crippen LogP contribution >= 0.6 is 0 Å². The van der Waals surface area contributed by atoms with Gasteiger partial charge in [-0.15, -0.1) is 0 Å². The van der Waals surface area contributed by atoms with E-state index in [1.165, 1.54) is 10.9 Å². The molecule has 0 bridgehead atoms. The molecular formula is C21H25N3O2. The maximum atomic E-state index is 13.3. The van der Waals surface area contributed by atoms with Crippen molar-refractivity contribution in [1.29, 1.82) is 0 Å². The second kappa shape index (κ2) is 5.60. The molecule has 0 aliphatic carbocycles. The van der Waals surface area contributed by atoms with Crippen LogP contribution in [0.5, 0.6) is 0 Å². The normalized spacial score (nSPS) is 27.9. The number of fused-ring (bicyclic) bond motifs is 5. The predicted octanol–water partition coefficient (Wildman–Crippen LogP) is 3.01. The molecule has 0 radical (unpaired) electrons. The molecule has 2 aromatic rings. The molecule has 2 amide bonds. The fourth-order valence-corrected chi connectivity index (χ4v) is 5.22. The summed E-state index contributed by atoms with van der Waals surface area (Å²) in [5.41, 5.74) is 3.47. The zero-order chi connectivity index (χ0) is 18.0. The van der Waals surface area contributed by atoms with Gasteiger partial charge < -0.3 is 14.8 Å². The van der Waals surface area contributed by atoms with Crippen LogP contribution in [0.3, 0.4) is 0 Å². The van der Waals surface area contributed by atoms with Crippen LogP contribution in [0.2, 0.25) is 0 Å². The Kier molecular flexibility index (Phi) is 3.43. The second-order valence-corrected chi connectivity index (χ2v) is 8.36. The minimum atomic E-state index is -0.340. The first-order valence-electron chi connectivity index (χ1n) is 9.78. The highest BCUT2D eigenvalue weighted by Crippen LogP contribution is 2.43. The van der Waals surface area contributed by atoms with Gasteiger partial charge in [-0.1, -0.05) is 32.0 Å². The van der Waals surface area contributed by atoms with Crippen LogP contribution in [0.15, 0.2) is 24.3 Å². The lowest BCUT2D eigenvalue weighted by Crippen LogP contribution is -2.65. The van der Waals surface area contributed by atoms with Crippen molar-refractivity contribution in [3.63, 3.8) is 0 Å².